The van der Waals surface area contributed by atoms with Crippen LogP contribution < -0.4 is 4.74 Å². The second-order valence-corrected chi connectivity index (χ2v) is 13.2. The van der Waals surface area contributed by atoms with Crippen LogP contribution in [0.15, 0.2) is 64.9 Å². The summed E-state index contributed by atoms with van der Waals surface area (Å²) < 4.78 is 5.66. The Morgan fingerprint density at radius 3 is 2.07 bits per heavy atom. The number of nitrogens with zero attached hydrogens (tertiary/aromatic N) is 2. The quantitative estimate of drug-likeness (QED) is 0.335. The molecule has 0 bridgehead atoms. The summed E-state index contributed by atoms with van der Waals surface area (Å²) in [6, 6.07) is 12.4. The van der Waals surface area contributed by atoms with Crippen molar-refractivity contribution in [3.8, 4) is 11.5 Å². The van der Waals surface area contributed by atoms with E-state index in [1.54, 1.807) is 12.1 Å². The molecule has 1 aromatic carbocycles. The van der Waals surface area contributed by atoms with Crippen LogP contribution in [0.5, 0.6) is 11.5 Å². The normalized spacial score (nSPS) is 29.0. The van der Waals surface area contributed by atoms with Gasteiger partial charge in [0.1, 0.15) is 11.5 Å². The van der Waals surface area contributed by atoms with Crippen LogP contribution in [0.1, 0.15) is 34.1 Å². The first kappa shape index (κ1) is 26.2. The molecule has 210 valence electrons. The number of rotatable bonds is 6. The maximum atomic E-state index is 14.0. The summed E-state index contributed by atoms with van der Waals surface area (Å²) in [5.41, 5.74) is 1.61. The maximum Gasteiger partial charge on any atom is 0.234 e. The number of carbonyl (C=O) groups is 4. The van der Waals surface area contributed by atoms with E-state index in [0.29, 0.717) is 24.2 Å². The highest BCUT2D eigenvalue weighted by atomic mass is 32.1. The van der Waals surface area contributed by atoms with Gasteiger partial charge in [0, 0.05) is 27.3 Å². The van der Waals surface area contributed by atoms with Crippen molar-refractivity contribution in [1.82, 2.24) is 9.80 Å². The molecular weight excluding hydrogens is 560 g/mol. The molecule has 6 unspecified atom stereocenters. The zero-order valence-electron chi connectivity index (χ0n) is 22.3. The van der Waals surface area contributed by atoms with Crippen molar-refractivity contribution >= 4 is 46.3 Å². The van der Waals surface area contributed by atoms with Gasteiger partial charge in [-0.2, -0.15) is 0 Å². The number of hydrogen-bond donors (Lipinski definition) is 1. The molecule has 6 atom stereocenters. The molecule has 41 heavy (non-hydrogen) atoms. The van der Waals surface area contributed by atoms with Crippen molar-refractivity contribution in [3.63, 3.8) is 0 Å². The van der Waals surface area contributed by atoms with Crippen LogP contribution >= 0.6 is 22.7 Å². The molecule has 4 amide bonds. The lowest BCUT2D eigenvalue weighted by molar-refractivity contribution is -0.142. The van der Waals surface area contributed by atoms with Crippen LogP contribution in [-0.4, -0.2) is 45.6 Å². The van der Waals surface area contributed by atoms with Gasteiger partial charge < -0.3 is 9.84 Å². The number of methoxy groups -OCH3 is 1. The highest BCUT2D eigenvalue weighted by molar-refractivity contribution is 7.10. The molecule has 2 saturated heterocycles. The van der Waals surface area contributed by atoms with Gasteiger partial charge in [-0.3, -0.25) is 29.0 Å². The third-order valence-corrected chi connectivity index (χ3v) is 10.9. The number of fused-ring (bicyclic) bond motifs is 4. The van der Waals surface area contributed by atoms with Gasteiger partial charge in [-0.15, -0.1) is 22.7 Å². The molecule has 4 heterocycles. The molecule has 3 aromatic rings. The summed E-state index contributed by atoms with van der Waals surface area (Å²) in [5.74, 6) is -3.61. The van der Waals surface area contributed by atoms with Crippen LogP contribution in [-0.2, 0) is 32.3 Å². The number of benzene rings is 1. The van der Waals surface area contributed by atoms with Crippen molar-refractivity contribution in [2.24, 2.45) is 29.6 Å². The topological polar surface area (TPSA) is 104 Å². The summed E-state index contributed by atoms with van der Waals surface area (Å²) in [6.45, 7) is 0.460. The SMILES string of the molecule is COc1cc(O)ccc1C1C2=CCC3C(=O)N(Cc4cccs4)C(=O)C3C2CC2C(=O)N(Cc3cccs3)C(=O)C21. The lowest BCUT2D eigenvalue weighted by atomic mass is 9.57. The van der Waals surface area contributed by atoms with Gasteiger partial charge in [0.05, 0.1) is 43.9 Å². The van der Waals surface area contributed by atoms with Crippen LogP contribution in [0.4, 0.5) is 0 Å². The molecule has 3 fully saturated rings. The Labute approximate surface area is 244 Å². The largest absolute Gasteiger partial charge is 0.508 e. The second-order valence-electron chi connectivity index (χ2n) is 11.1. The summed E-state index contributed by atoms with van der Waals surface area (Å²) in [4.78, 5) is 60.0. The maximum absolute atomic E-state index is 14.0. The minimum absolute atomic E-state index is 0.0288. The molecule has 7 rings (SSSR count). The van der Waals surface area contributed by atoms with Gasteiger partial charge in [0.15, 0.2) is 0 Å². The van der Waals surface area contributed by atoms with Gasteiger partial charge in [-0.25, -0.2) is 0 Å². The Kier molecular flexibility index (Phi) is 6.35. The van der Waals surface area contributed by atoms with Gasteiger partial charge in [-0.1, -0.05) is 29.8 Å². The molecule has 4 aliphatic rings. The third kappa shape index (κ3) is 4.06. The minimum atomic E-state index is -0.658. The summed E-state index contributed by atoms with van der Waals surface area (Å²) in [7, 11) is 1.51. The lowest BCUT2D eigenvalue weighted by Crippen LogP contribution is -2.43. The van der Waals surface area contributed by atoms with Crippen molar-refractivity contribution < 1.29 is 29.0 Å². The number of phenolic OH excluding ortho intramolecular Hbond substituents is 1. The van der Waals surface area contributed by atoms with Gasteiger partial charge in [0.2, 0.25) is 23.6 Å². The Bertz CT molecular complexity index is 1580. The Hall–Kier alpha value is -3.76. The summed E-state index contributed by atoms with van der Waals surface area (Å²) >= 11 is 3.00. The first-order valence-electron chi connectivity index (χ1n) is 13.7. The van der Waals surface area contributed by atoms with Crippen molar-refractivity contribution in [3.05, 3.63) is 80.2 Å². The molecule has 0 radical (unpaired) electrons. The number of phenols is 1. The van der Waals surface area contributed by atoms with Gasteiger partial charge in [0.25, 0.3) is 0 Å². The molecule has 1 N–H and O–H groups in total. The number of allylic oxidation sites excluding steroid dienone is 2. The van der Waals surface area contributed by atoms with Crippen molar-refractivity contribution in [2.75, 3.05) is 7.11 Å². The molecule has 10 heteroatoms. The van der Waals surface area contributed by atoms with Crippen LogP contribution in [0.2, 0.25) is 0 Å². The average molecular weight is 589 g/mol. The van der Waals surface area contributed by atoms with Crippen LogP contribution in [0.3, 0.4) is 0 Å². The summed E-state index contributed by atoms with van der Waals surface area (Å²) in [6.07, 6.45) is 2.77. The zero-order valence-corrected chi connectivity index (χ0v) is 23.9. The minimum Gasteiger partial charge on any atom is -0.508 e. The number of aromatic hydroxyl groups is 1. The molecule has 1 saturated carbocycles. The van der Waals surface area contributed by atoms with Crippen LogP contribution in [0, 0.1) is 29.6 Å². The predicted octanol–water partition coefficient (Wildman–Crippen LogP) is 4.56. The Morgan fingerprint density at radius 2 is 1.46 bits per heavy atom. The fraction of sp³-hybridized carbons (Fsp3) is 0.355. The predicted molar refractivity (Wildman–Crippen MR) is 152 cm³/mol. The van der Waals surface area contributed by atoms with Crippen molar-refractivity contribution in [2.45, 2.75) is 31.8 Å². The fourth-order valence-electron chi connectivity index (χ4n) is 7.45. The van der Waals surface area contributed by atoms with E-state index in [0.717, 1.165) is 15.3 Å². The second kappa shape index (κ2) is 9.95. The molecular formula is C31H28N2O6S2. The van der Waals surface area contributed by atoms with E-state index in [9.17, 15) is 24.3 Å². The molecule has 8 nitrogen and oxygen atoms in total. The Morgan fingerprint density at radius 1 is 0.829 bits per heavy atom. The van der Waals surface area contributed by atoms with Gasteiger partial charge >= 0.3 is 0 Å². The monoisotopic (exact) mass is 588 g/mol. The molecule has 2 aliphatic carbocycles. The number of thiophene rings is 2. The molecule has 0 spiro atoms. The lowest BCUT2D eigenvalue weighted by Gasteiger charge is -2.44. The summed E-state index contributed by atoms with van der Waals surface area (Å²) in [5, 5.41) is 14.0. The number of carbonyl (C=O) groups excluding carboxylic acids is 4. The standard InChI is InChI=1S/C31H28N2O6S2/c1-39-24-12-16(34)6-7-20(24)25-19-8-9-21-26(30(37)32(28(21)35)14-17-4-2-10-40-17)22(19)13-23-27(25)31(38)33(29(23)36)15-18-5-3-11-41-18/h2-8,10-12,21-23,25-27,34H,9,13-15H2,1H3. The average Bonchev–Trinajstić information content (AvgIpc) is 3.77. The van der Waals surface area contributed by atoms with E-state index >= 15 is 0 Å². The van der Waals surface area contributed by atoms with E-state index in [-0.39, 0.29) is 48.4 Å². The fourth-order valence-corrected chi connectivity index (χ4v) is 8.84. The third-order valence-electron chi connectivity index (χ3n) is 9.17. The number of ether oxygens (including phenoxy) is 1. The molecule has 2 aromatic heterocycles. The highest BCUT2D eigenvalue weighted by Crippen LogP contribution is 2.59. The number of hydrogen-bond acceptors (Lipinski definition) is 8. The van der Waals surface area contributed by atoms with E-state index < -0.39 is 29.6 Å². The molecule has 2 aliphatic heterocycles. The first-order chi connectivity index (χ1) is 19.9. The van der Waals surface area contributed by atoms with Crippen molar-refractivity contribution in [1.29, 1.82) is 0 Å². The van der Waals surface area contributed by atoms with Gasteiger partial charge in [-0.05, 0) is 47.7 Å². The number of amides is 4. The first-order valence-corrected chi connectivity index (χ1v) is 15.4. The Balaban J connectivity index is 1.31. The van der Waals surface area contributed by atoms with E-state index in [1.807, 2.05) is 41.1 Å². The zero-order chi connectivity index (χ0) is 28.4. The van der Waals surface area contributed by atoms with E-state index in [4.69, 9.17) is 4.74 Å². The number of likely N-dealkylation sites (tertiary alicyclic amines) is 2. The smallest absolute Gasteiger partial charge is 0.234 e. The van der Waals surface area contributed by atoms with E-state index in [2.05, 4.69) is 0 Å². The van der Waals surface area contributed by atoms with Crippen LogP contribution in [0.25, 0.3) is 0 Å². The van der Waals surface area contributed by atoms with E-state index in [1.165, 1.54) is 45.6 Å². The number of imide groups is 2. The highest BCUT2D eigenvalue weighted by Gasteiger charge is 2.62.